The first-order chi connectivity index (χ1) is 8.90. The number of nitrogens with zero attached hydrogens (tertiary/aromatic N) is 1. The predicted molar refractivity (Wildman–Crippen MR) is 73.0 cm³/mol. The Hall–Kier alpha value is -1.59. The van der Waals surface area contributed by atoms with Crippen molar-refractivity contribution in [3.63, 3.8) is 0 Å². The number of aliphatic carboxylic acids is 1. The summed E-state index contributed by atoms with van der Waals surface area (Å²) in [4.78, 5) is 23.9. The Labute approximate surface area is 117 Å². The summed E-state index contributed by atoms with van der Waals surface area (Å²) in [6.45, 7) is 1.92. The first kappa shape index (κ1) is 15.5. The Bertz CT molecular complexity index is 465. The van der Waals surface area contributed by atoms with Gasteiger partial charge in [-0.15, -0.1) is 0 Å². The van der Waals surface area contributed by atoms with Crippen LogP contribution in [0.25, 0.3) is 0 Å². The van der Waals surface area contributed by atoms with Crippen molar-refractivity contribution in [1.82, 2.24) is 10.2 Å². The summed E-state index contributed by atoms with van der Waals surface area (Å²) in [5, 5.41) is 12.0. The number of carboxylic acid groups (broad SMARTS) is 1. The highest BCUT2D eigenvalue weighted by Crippen LogP contribution is 2.12. The Balaban J connectivity index is 2.47. The molecule has 0 aliphatic rings. The molecule has 0 fully saturated rings. The minimum atomic E-state index is -0.981. The molecule has 0 saturated heterocycles. The SMILES string of the molecule is C[C@H](NCC(=O)N(C)Cc1cccc(Cl)c1)C(=O)O. The van der Waals surface area contributed by atoms with Crippen molar-refractivity contribution < 1.29 is 14.7 Å². The lowest BCUT2D eigenvalue weighted by Gasteiger charge is -2.18. The van der Waals surface area contributed by atoms with Gasteiger partial charge in [0.1, 0.15) is 6.04 Å². The molecule has 0 aliphatic heterocycles. The summed E-state index contributed by atoms with van der Waals surface area (Å²) in [5.74, 6) is -1.15. The molecule has 1 rings (SSSR count). The van der Waals surface area contributed by atoms with Crippen molar-refractivity contribution in [2.24, 2.45) is 0 Å². The monoisotopic (exact) mass is 284 g/mol. The zero-order valence-electron chi connectivity index (χ0n) is 10.9. The molecule has 2 N–H and O–H groups in total. The highest BCUT2D eigenvalue weighted by atomic mass is 35.5. The van der Waals surface area contributed by atoms with Crippen LogP contribution in [-0.2, 0) is 16.1 Å². The van der Waals surface area contributed by atoms with E-state index in [1.165, 1.54) is 11.8 Å². The number of amides is 1. The maximum Gasteiger partial charge on any atom is 0.320 e. The third kappa shape index (κ3) is 5.28. The van der Waals surface area contributed by atoms with Gasteiger partial charge in [-0.1, -0.05) is 23.7 Å². The largest absolute Gasteiger partial charge is 0.480 e. The van der Waals surface area contributed by atoms with E-state index >= 15 is 0 Å². The maximum absolute atomic E-state index is 11.8. The molecule has 0 unspecified atom stereocenters. The van der Waals surface area contributed by atoms with E-state index in [4.69, 9.17) is 16.7 Å². The average Bonchev–Trinajstić information content (AvgIpc) is 2.35. The number of nitrogens with one attached hydrogen (secondary N) is 1. The van der Waals surface area contributed by atoms with E-state index in [2.05, 4.69) is 5.32 Å². The normalized spacial score (nSPS) is 11.9. The van der Waals surface area contributed by atoms with Crippen LogP contribution in [-0.4, -0.2) is 41.5 Å². The fourth-order valence-electron chi connectivity index (χ4n) is 1.46. The molecule has 6 heteroatoms. The summed E-state index contributed by atoms with van der Waals surface area (Å²) >= 11 is 5.86. The van der Waals surface area contributed by atoms with Crippen molar-refractivity contribution in [2.75, 3.05) is 13.6 Å². The number of hydrogen-bond acceptors (Lipinski definition) is 3. The van der Waals surface area contributed by atoms with Gasteiger partial charge >= 0.3 is 5.97 Å². The van der Waals surface area contributed by atoms with Gasteiger partial charge in [0.15, 0.2) is 0 Å². The molecule has 5 nitrogen and oxygen atoms in total. The topological polar surface area (TPSA) is 69.6 Å². The van der Waals surface area contributed by atoms with Crippen LogP contribution < -0.4 is 5.32 Å². The summed E-state index contributed by atoms with van der Waals surface area (Å²) in [6.07, 6.45) is 0. The number of hydrogen-bond donors (Lipinski definition) is 2. The number of carbonyl (C=O) groups is 2. The van der Waals surface area contributed by atoms with Gasteiger partial charge in [-0.3, -0.25) is 14.9 Å². The fourth-order valence-corrected chi connectivity index (χ4v) is 1.67. The quantitative estimate of drug-likeness (QED) is 0.828. The molecule has 1 aromatic rings. The number of rotatable bonds is 6. The van der Waals surface area contributed by atoms with Crippen molar-refractivity contribution in [3.8, 4) is 0 Å². The zero-order valence-corrected chi connectivity index (χ0v) is 11.6. The van der Waals surface area contributed by atoms with Crippen LogP contribution >= 0.6 is 11.6 Å². The van der Waals surface area contributed by atoms with Crippen LogP contribution in [0.5, 0.6) is 0 Å². The molecule has 0 heterocycles. The van der Waals surface area contributed by atoms with Crippen molar-refractivity contribution in [2.45, 2.75) is 19.5 Å². The average molecular weight is 285 g/mol. The zero-order chi connectivity index (χ0) is 14.4. The maximum atomic E-state index is 11.8. The summed E-state index contributed by atoms with van der Waals surface area (Å²) in [6, 6.07) is 6.51. The molecule has 104 valence electrons. The van der Waals surface area contributed by atoms with Crippen LogP contribution in [0.1, 0.15) is 12.5 Å². The third-order valence-electron chi connectivity index (χ3n) is 2.66. The van der Waals surface area contributed by atoms with E-state index in [1.54, 1.807) is 19.2 Å². The molecule has 0 bridgehead atoms. The van der Waals surface area contributed by atoms with E-state index in [1.807, 2.05) is 12.1 Å². The van der Waals surface area contributed by atoms with E-state index in [-0.39, 0.29) is 12.5 Å². The Morgan fingerprint density at radius 1 is 1.47 bits per heavy atom. The fraction of sp³-hybridized carbons (Fsp3) is 0.385. The number of halogens is 1. The Morgan fingerprint density at radius 2 is 2.16 bits per heavy atom. The lowest BCUT2D eigenvalue weighted by atomic mass is 10.2. The lowest BCUT2D eigenvalue weighted by molar-refractivity contribution is -0.139. The number of carboxylic acids is 1. The second-order valence-corrected chi connectivity index (χ2v) is 4.76. The van der Waals surface area contributed by atoms with Gasteiger partial charge in [0.25, 0.3) is 0 Å². The minimum absolute atomic E-state index is 0.00939. The van der Waals surface area contributed by atoms with E-state index in [0.29, 0.717) is 11.6 Å². The molecule has 0 aromatic heterocycles. The number of benzene rings is 1. The first-order valence-electron chi connectivity index (χ1n) is 5.84. The predicted octanol–water partition coefficient (Wildman–Crippen LogP) is 1.36. The van der Waals surface area contributed by atoms with Gasteiger partial charge in [0.05, 0.1) is 6.54 Å². The van der Waals surface area contributed by atoms with Gasteiger partial charge < -0.3 is 10.0 Å². The van der Waals surface area contributed by atoms with E-state index < -0.39 is 12.0 Å². The molecule has 19 heavy (non-hydrogen) atoms. The number of carbonyl (C=O) groups excluding carboxylic acids is 1. The van der Waals surface area contributed by atoms with Gasteiger partial charge in [-0.05, 0) is 24.6 Å². The second-order valence-electron chi connectivity index (χ2n) is 4.32. The third-order valence-corrected chi connectivity index (χ3v) is 2.90. The smallest absolute Gasteiger partial charge is 0.320 e. The second kappa shape index (κ2) is 7.11. The molecule has 0 aliphatic carbocycles. The van der Waals surface area contributed by atoms with Crippen molar-refractivity contribution >= 4 is 23.5 Å². The van der Waals surface area contributed by atoms with Crippen molar-refractivity contribution in [1.29, 1.82) is 0 Å². The number of likely N-dealkylation sites (N-methyl/N-ethyl adjacent to an activating group) is 1. The standard InChI is InChI=1S/C13H17ClN2O3/c1-9(13(18)19)15-7-12(17)16(2)8-10-4-3-5-11(14)6-10/h3-6,9,15H,7-8H2,1-2H3,(H,18,19)/t9-/m0/s1. The molecule has 0 saturated carbocycles. The Kier molecular flexibility index (Phi) is 5.79. The van der Waals surface area contributed by atoms with Crippen LogP contribution in [0, 0.1) is 0 Å². The summed E-state index contributed by atoms with van der Waals surface area (Å²) in [5.41, 5.74) is 0.926. The van der Waals surface area contributed by atoms with Crippen LogP contribution in [0.3, 0.4) is 0 Å². The molecule has 1 amide bonds. The molecular formula is C13H17ClN2O3. The van der Waals surface area contributed by atoms with E-state index in [0.717, 1.165) is 5.56 Å². The van der Waals surface area contributed by atoms with Gasteiger partial charge in [-0.2, -0.15) is 0 Å². The molecule has 0 spiro atoms. The lowest BCUT2D eigenvalue weighted by Crippen LogP contribution is -2.41. The molecule has 1 atom stereocenters. The summed E-state index contributed by atoms with van der Waals surface area (Å²) in [7, 11) is 1.66. The molecule has 1 aromatic carbocycles. The minimum Gasteiger partial charge on any atom is -0.480 e. The van der Waals surface area contributed by atoms with Gasteiger partial charge in [0, 0.05) is 18.6 Å². The van der Waals surface area contributed by atoms with Gasteiger partial charge in [-0.25, -0.2) is 0 Å². The molecular weight excluding hydrogens is 268 g/mol. The highest BCUT2D eigenvalue weighted by molar-refractivity contribution is 6.30. The van der Waals surface area contributed by atoms with Crippen LogP contribution in [0.2, 0.25) is 5.02 Å². The first-order valence-corrected chi connectivity index (χ1v) is 6.22. The van der Waals surface area contributed by atoms with Crippen molar-refractivity contribution in [3.05, 3.63) is 34.9 Å². The van der Waals surface area contributed by atoms with E-state index in [9.17, 15) is 9.59 Å². The van der Waals surface area contributed by atoms with Gasteiger partial charge in [0.2, 0.25) is 5.91 Å². The van der Waals surface area contributed by atoms with Crippen LogP contribution in [0.4, 0.5) is 0 Å². The molecule has 0 radical (unpaired) electrons. The highest BCUT2D eigenvalue weighted by Gasteiger charge is 2.14. The van der Waals surface area contributed by atoms with Crippen LogP contribution in [0.15, 0.2) is 24.3 Å². The summed E-state index contributed by atoms with van der Waals surface area (Å²) < 4.78 is 0. The Morgan fingerprint density at radius 3 is 2.74 bits per heavy atom.